The zero-order valence-electron chi connectivity index (χ0n) is 6.69. The van der Waals surface area contributed by atoms with Gasteiger partial charge in [-0.2, -0.15) is 0 Å². The van der Waals surface area contributed by atoms with Crippen molar-refractivity contribution in [3.63, 3.8) is 0 Å². The summed E-state index contributed by atoms with van der Waals surface area (Å²) in [6.45, 7) is -0.792. The molecule has 1 unspecified atom stereocenters. The molecule has 0 aromatic carbocycles. The van der Waals surface area contributed by atoms with Gasteiger partial charge in [0.25, 0.3) is 0 Å². The largest absolute Gasteiger partial charge is 0.394 e. The van der Waals surface area contributed by atoms with E-state index in [9.17, 15) is 4.57 Å². The SMILES string of the molecule is O=P(O)(O)CC(O)[C@H](O)[C@H](O)CO. The zero-order valence-corrected chi connectivity index (χ0v) is 7.58. The van der Waals surface area contributed by atoms with Gasteiger partial charge in [-0.25, -0.2) is 0 Å². The van der Waals surface area contributed by atoms with Gasteiger partial charge in [-0.3, -0.25) is 4.57 Å². The molecule has 0 aromatic heterocycles. The highest BCUT2D eigenvalue weighted by atomic mass is 31.2. The van der Waals surface area contributed by atoms with Crippen molar-refractivity contribution in [3.05, 3.63) is 0 Å². The van der Waals surface area contributed by atoms with Crippen LogP contribution in [-0.4, -0.2) is 61.3 Å². The number of hydrogen-bond acceptors (Lipinski definition) is 5. The summed E-state index contributed by atoms with van der Waals surface area (Å²) in [6.07, 6.45) is -6.09. The van der Waals surface area contributed by atoms with Gasteiger partial charge in [-0.05, 0) is 0 Å². The van der Waals surface area contributed by atoms with E-state index in [0.29, 0.717) is 0 Å². The molecular formula is C5H13O7P. The third-order valence-electron chi connectivity index (χ3n) is 1.40. The summed E-state index contributed by atoms with van der Waals surface area (Å²) in [5, 5.41) is 35.0. The Morgan fingerprint density at radius 2 is 1.54 bits per heavy atom. The van der Waals surface area contributed by atoms with E-state index in [1.54, 1.807) is 0 Å². The summed E-state index contributed by atoms with van der Waals surface area (Å²) in [7, 11) is -4.43. The van der Waals surface area contributed by atoms with Crippen molar-refractivity contribution in [3.8, 4) is 0 Å². The molecule has 8 heteroatoms. The van der Waals surface area contributed by atoms with E-state index in [4.69, 9.17) is 30.2 Å². The summed E-state index contributed by atoms with van der Waals surface area (Å²) in [5.41, 5.74) is 0. The second-order valence-corrected chi connectivity index (χ2v) is 4.35. The average molecular weight is 216 g/mol. The molecule has 80 valence electrons. The van der Waals surface area contributed by atoms with Crippen LogP contribution in [0, 0.1) is 0 Å². The monoisotopic (exact) mass is 216 g/mol. The van der Waals surface area contributed by atoms with Crippen LogP contribution in [-0.2, 0) is 4.57 Å². The van der Waals surface area contributed by atoms with Crippen molar-refractivity contribution in [2.75, 3.05) is 12.8 Å². The van der Waals surface area contributed by atoms with Crippen LogP contribution in [0.5, 0.6) is 0 Å². The third-order valence-corrected chi connectivity index (χ3v) is 2.25. The molecule has 6 N–H and O–H groups in total. The standard InChI is InChI=1S/C5H13O7P/c6-1-3(7)5(9)4(8)2-13(10,11)12/h3-9H,1-2H2,(H2,10,11,12)/t3-,4?,5-/m1/s1. The van der Waals surface area contributed by atoms with Crippen molar-refractivity contribution in [2.24, 2.45) is 0 Å². The molecule has 0 rings (SSSR count). The normalized spacial score (nSPS) is 19.5. The fourth-order valence-electron chi connectivity index (χ4n) is 0.716. The Morgan fingerprint density at radius 1 is 1.08 bits per heavy atom. The molecule has 0 bridgehead atoms. The molecule has 0 saturated heterocycles. The first kappa shape index (κ1) is 13.0. The maximum absolute atomic E-state index is 10.3. The zero-order chi connectivity index (χ0) is 10.6. The second kappa shape index (κ2) is 5.02. The molecule has 0 aliphatic heterocycles. The van der Waals surface area contributed by atoms with Crippen LogP contribution in [0.4, 0.5) is 0 Å². The lowest BCUT2D eigenvalue weighted by atomic mass is 10.1. The molecule has 0 aliphatic rings. The minimum absolute atomic E-state index is 0.792. The van der Waals surface area contributed by atoms with Crippen LogP contribution in [0.25, 0.3) is 0 Å². The van der Waals surface area contributed by atoms with Crippen LogP contribution in [0.2, 0.25) is 0 Å². The Balaban J connectivity index is 4.11. The van der Waals surface area contributed by atoms with E-state index in [-0.39, 0.29) is 0 Å². The van der Waals surface area contributed by atoms with Crippen molar-refractivity contribution in [1.29, 1.82) is 0 Å². The molecule has 0 heterocycles. The average Bonchev–Trinajstić information content (AvgIpc) is 1.98. The van der Waals surface area contributed by atoms with Crippen molar-refractivity contribution in [1.82, 2.24) is 0 Å². The predicted octanol–water partition coefficient (Wildman–Crippen LogP) is -2.76. The summed E-state index contributed by atoms with van der Waals surface area (Å²) in [5.74, 6) is 0. The van der Waals surface area contributed by atoms with E-state index in [2.05, 4.69) is 0 Å². The maximum atomic E-state index is 10.3. The first-order valence-electron chi connectivity index (χ1n) is 3.47. The minimum Gasteiger partial charge on any atom is -0.394 e. The Morgan fingerprint density at radius 3 is 1.85 bits per heavy atom. The van der Waals surface area contributed by atoms with Gasteiger partial charge in [0.2, 0.25) is 0 Å². The number of aliphatic hydroxyl groups is 4. The van der Waals surface area contributed by atoms with Crippen LogP contribution in [0.3, 0.4) is 0 Å². The van der Waals surface area contributed by atoms with Gasteiger partial charge in [0.1, 0.15) is 12.2 Å². The Bertz CT molecular complexity index is 189. The molecule has 0 spiro atoms. The van der Waals surface area contributed by atoms with E-state index in [1.165, 1.54) is 0 Å². The van der Waals surface area contributed by atoms with Crippen LogP contribution in [0.1, 0.15) is 0 Å². The highest BCUT2D eigenvalue weighted by molar-refractivity contribution is 7.51. The van der Waals surface area contributed by atoms with E-state index >= 15 is 0 Å². The molecule has 7 nitrogen and oxygen atoms in total. The molecule has 0 aromatic rings. The van der Waals surface area contributed by atoms with Gasteiger partial charge in [0, 0.05) is 0 Å². The van der Waals surface area contributed by atoms with Gasteiger partial charge < -0.3 is 30.2 Å². The summed E-state index contributed by atoms with van der Waals surface area (Å²) in [4.78, 5) is 16.8. The highest BCUT2D eigenvalue weighted by Gasteiger charge is 2.29. The van der Waals surface area contributed by atoms with Crippen molar-refractivity contribution < 1.29 is 34.8 Å². The topological polar surface area (TPSA) is 138 Å². The smallest absolute Gasteiger partial charge is 0.328 e. The van der Waals surface area contributed by atoms with Crippen molar-refractivity contribution >= 4 is 7.60 Å². The van der Waals surface area contributed by atoms with E-state index in [1.807, 2.05) is 0 Å². The number of hydrogen-bond donors (Lipinski definition) is 6. The Labute approximate surface area is 74.4 Å². The summed E-state index contributed by atoms with van der Waals surface area (Å²) in [6, 6.07) is 0. The fraction of sp³-hybridized carbons (Fsp3) is 1.00. The summed E-state index contributed by atoms with van der Waals surface area (Å²) >= 11 is 0. The molecule has 13 heavy (non-hydrogen) atoms. The predicted molar refractivity (Wildman–Crippen MR) is 42.0 cm³/mol. The molecule has 0 fully saturated rings. The van der Waals surface area contributed by atoms with Gasteiger partial charge in [0.15, 0.2) is 0 Å². The minimum atomic E-state index is -4.43. The van der Waals surface area contributed by atoms with Gasteiger partial charge in [-0.15, -0.1) is 0 Å². The van der Waals surface area contributed by atoms with Crippen LogP contribution < -0.4 is 0 Å². The quantitative estimate of drug-likeness (QED) is 0.274. The van der Waals surface area contributed by atoms with Gasteiger partial charge in [-0.1, -0.05) is 0 Å². The molecule has 3 atom stereocenters. The maximum Gasteiger partial charge on any atom is 0.328 e. The molecule has 0 amide bonds. The lowest BCUT2D eigenvalue weighted by Crippen LogP contribution is -2.41. The first-order chi connectivity index (χ1) is 5.78. The van der Waals surface area contributed by atoms with E-state index < -0.39 is 38.7 Å². The Hall–Kier alpha value is -0.0100. The Kier molecular flexibility index (Phi) is 5.01. The van der Waals surface area contributed by atoms with E-state index in [0.717, 1.165) is 0 Å². The second-order valence-electron chi connectivity index (χ2n) is 2.66. The lowest BCUT2D eigenvalue weighted by Gasteiger charge is -2.21. The molecule has 0 aliphatic carbocycles. The first-order valence-corrected chi connectivity index (χ1v) is 5.27. The third kappa shape index (κ3) is 5.33. The fourth-order valence-corrected chi connectivity index (χ4v) is 1.42. The molecular weight excluding hydrogens is 203 g/mol. The van der Waals surface area contributed by atoms with Gasteiger partial charge in [0.05, 0.1) is 18.9 Å². The summed E-state index contributed by atoms with van der Waals surface area (Å²) < 4.78 is 10.3. The lowest BCUT2D eigenvalue weighted by molar-refractivity contribution is -0.0697. The molecule has 0 saturated carbocycles. The van der Waals surface area contributed by atoms with Crippen LogP contribution in [0.15, 0.2) is 0 Å². The van der Waals surface area contributed by atoms with Crippen molar-refractivity contribution in [2.45, 2.75) is 18.3 Å². The number of aliphatic hydroxyl groups excluding tert-OH is 4. The number of rotatable bonds is 5. The van der Waals surface area contributed by atoms with Gasteiger partial charge >= 0.3 is 7.60 Å². The highest BCUT2D eigenvalue weighted by Crippen LogP contribution is 2.35. The molecule has 0 radical (unpaired) electrons. The van der Waals surface area contributed by atoms with Crippen LogP contribution >= 0.6 is 7.60 Å².